The summed E-state index contributed by atoms with van der Waals surface area (Å²) < 4.78 is 0. The maximum atomic E-state index is 10.4. The Morgan fingerprint density at radius 2 is 1.62 bits per heavy atom. The summed E-state index contributed by atoms with van der Waals surface area (Å²) in [6.07, 6.45) is 7.87. The molecule has 2 rings (SSSR count). The first-order valence-corrected chi connectivity index (χ1v) is 6.68. The molecule has 1 N–H and O–H groups in total. The van der Waals surface area contributed by atoms with Gasteiger partial charge in [0, 0.05) is 19.5 Å². The van der Waals surface area contributed by atoms with Crippen molar-refractivity contribution in [1.29, 1.82) is 0 Å². The van der Waals surface area contributed by atoms with E-state index in [0.29, 0.717) is 6.42 Å². The third-order valence-electron chi connectivity index (χ3n) is 3.54. The van der Waals surface area contributed by atoms with Crippen LogP contribution in [0.5, 0.6) is 0 Å². The number of nitrogens with zero attached hydrogens (tertiary/aromatic N) is 1. The maximum Gasteiger partial charge on any atom is 0.303 e. The Morgan fingerprint density at radius 1 is 1.06 bits per heavy atom. The van der Waals surface area contributed by atoms with Crippen molar-refractivity contribution < 1.29 is 9.90 Å². The minimum atomic E-state index is -0.657. The monoisotopic (exact) mass is 225 g/mol. The SMILES string of the molecule is O=C(O)CCCCN(CC1CC1)CC1CC1. The lowest BCUT2D eigenvalue weighted by Gasteiger charge is -2.21. The van der Waals surface area contributed by atoms with Gasteiger partial charge in [0.1, 0.15) is 0 Å². The molecule has 0 unspecified atom stereocenters. The van der Waals surface area contributed by atoms with E-state index in [9.17, 15) is 4.79 Å². The van der Waals surface area contributed by atoms with E-state index in [-0.39, 0.29) is 0 Å². The van der Waals surface area contributed by atoms with Gasteiger partial charge >= 0.3 is 5.97 Å². The van der Waals surface area contributed by atoms with Crippen LogP contribution in [0.25, 0.3) is 0 Å². The molecule has 3 heteroatoms. The number of aliphatic carboxylic acids is 1. The molecule has 0 saturated heterocycles. The van der Waals surface area contributed by atoms with Crippen molar-refractivity contribution >= 4 is 5.97 Å². The Balaban J connectivity index is 1.58. The molecule has 16 heavy (non-hydrogen) atoms. The molecule has 0 heterocycles. The topological polar surface area (TPSA) is 40.5 Å². The molecule has 2 saturated carbocycles. The summed E-state index contributed by atoms with van der Waals surface area (Å²) in [5, 5.41) is 8.58. The van der Waals surface area contributed by atoms with Crippen molar-refractivity contribution in [1.82, 2.24) is 4.90 Å². The summed E-state index contributed by atoms with van der Waals surface area (Å²) in [7, 11) is 0. The lowest BCUT2D eigenvalue weighted by atomic mass is 10.2. The summed E-state index contributed by atoms with van der Waals surface area (Å²) in [5.74, 6) is 1.26. The highest BCUT2D eigenvalue weighted by Crippen LogP contribution is 2.33. The predicted octanol–water partition coefficient (Wildman–Crippen LogP) is 2.36. The Kier molecular flexibility index (Phi) is 4.22. The normalized spacial score (nSPS) is 20.3. The van der Waals surface area contributed by atoms with Gasteiger partial charge in [0.15, 0.2) is 0 Å². The third kappa shape index (κ3) is 4.97. The summed E-state index contributed by atoms with van der Waals surface area (Å²) in [6.45, 7) is 3.65. The van der Waals surface area contributed by atoms with Crippen LogP contribution in [0.4, 0.5) is 0 Å². The second-order valence-electron chi connectivity index (χ2n) is 5.50. The number of unbranched alkanes of at least 4 members (excludes halogenated alkanes) is 1. The van der Waals surface area contributed by atoms with Gasteiger partial charge in [0.25, 0.3) is 0 Å². The van der Waals surface area contributed by atoms with Crippen LogP contribution in [0.15, 0.2) is 0 Å². The van der Waals surface area contributed by atoms with Crippen LogP contribution in [-0.2, 0) is 4.79 Å². The molecule has 2 aliphatic carbocycles. The summed E-state index contributed by atoms with van der Waals surface area (Å²) in [6, 6.07) is 0. The highest BCUT2D eigenvalue weighted by atomic mass is 16.4. The minimum absolute atomic E-state index is 0.334. The van der Waals surface area contributed by atoms with E-state index in [1.165, 1.54) is 38.8 Å². The Labute approximate surface area is 97.8 Å². The van der Waals surface area contributed by atoms with Crippen molar-refractivity contribution in [3.63, 3.8) is 0 Å². The van der Waals surface area contributed by atoms with E-state index < -0.39 is 5.97 Å². The van der Waals surface area contributed by atoms with E-state index in [1.54, 1.807) is 0 Å². The zero-order valence-electron chi connectivity index (χ0n) is 10.0. The van der Waals surface area contributed by atoms with Gasteiger partial charge in [-0.3, -0.25) is 4.79 Å². The van der Waals surface area contributed by atoms with Crippen molar-refractivity contribution in [2.24, 2.45) is 11.8 Å². The van der Waals surface area contributed by atoms with E-state index in [0.717, 1.165) is 31.2 Å². The van der Waals surface area contributed by atoms with Gasteiger partial charge in [-0.05, 0) is 56.9 Å². The fourth-order valence-electron chi connectivity index (χ4n) is 2.20. The van der Waals surface area contributed by atoms with Gasteiger partial charge in [-0.25, -0.2) is 0 Å². The molecule has 0 aromatic heterocycles. The van der Waals surface area contributed by atoms with Crippen LogP contribution >= 0.6 is 0 Å². The standard InChI is InChI=1S/C13H23NO2/c15-13(16)3-1-2-8-14(9-11-4-5-11)10-12-6-7-12/h11-12H,1-10H2,(H,15,16). The largest absolute Gasteiger partial charge is 0.481 e. The quantitative estimate of drug-likeness (QED) is 0.612. The van der Waals surface area contributed by atoms with Crippen LogP contribution < -0.4 is 0 Å². The zero-order valence-corrected chi connectivity index (χ0v) is 10.0. The fourth-order valence-corrected chi connectivity index (χ4v) is 2.20. The second kappa shape index (κ2) is 5.67. The Morgan fingerprint density at radius 3 is 2.06 bits per heavy atom. The zero-order chi connectivity index (χ0) is 11.4. The van der Waals surface area contributed by atoms with Gasteiger partial charge in [-0.15, -0.1) is 0 Å². The third-order valence-corrected chi connectivity index (χ3v) is 3.54. The van der Waals surface area contributed by atoms with Crippen LogP contribution in [-0.4, -0.2) is 35.6 Å². The average Bonchev–Trinajstić information content (AvgIpc) is 3.06. The first kappa shape index (κ1) is 11.9. The molecule has 0 atom stereocenters. The number of carboxylic acids is 1. The Hall–Kier alpha value is -0.570. The number of hydrogen-bond donors (Lipinski definition) is 1. The van der Waals surface area contributed by atoms with E-state index >= 15 is 0 Å². The molecule has 0 bridgehead atoms. The second-order valence-corrected chi connectivity index (χ2v) is 5.50. The van der Waals surface area contributed by atoms with Gasteiger partial charge < -0.3 is 10.0 Å². The minimum Gasteiger partial charge on any atom is -0.481 e. The number of rotatable bonds is 9. The molecule has 92 valence electrons. The fraction of sp³-hybridized carbons (Fsp3) is 0.923. The van der Waals surface area contributed by atoms with E-state index in [4.69, 9.17) is 5.11 Å². The van der Waals surface area contributed by atoms with Crippen molar-refractivity contribution in [3.05, 3.63) is 0 Å². The Bertz CT molecular complexity index is 220. The van der Waals surface area contributed by atoms with Crippen molar-refractivity contribution in [2.45, 2.75) is 44.9 Å². The molecule has 0 aliphatic heterocycles. The highest BCUT2D eigenvalue weighted by molar-refractivity contribution is 5.66. The number of carboxylic acid groups (broad SMARTS) is 1. The van der Waals surface area contributed by atoms with Gasteiger partial charge in [-0.2, -0.15) is 0 Å². The van der Waals surface area contributed by atoms with E-state index in [2.05, 4.69) is 4.90 Å². The van der Waals surface area contributed by atoms with Crippen LogP contribution in [0.1, 0.15) is 44.9 Å². The first-order valence-electron chi connectivity index (χ1n) is 6.68. The molecule has 2 aliphatic rings. The molecular formula is C13H23NO2. The molecule has 0 aromatic carbocycles. The lowest BCUT2D eigenvalue weighted by molar-refractivity contribution is -0.137. The molecular weight excluding hydrogens is 202 g/mol. The van der Waals surface area contributed by atoms with Gasteiger partial charge in [0.2, 0.25) is 0 Å². The number of carbonyl (C=O) groups is 1. The van der Waals surface area contributed by atoms with Crippen LogP contribution in [0.3, 0.4) is 0 Å². The molecule has 2 fully saturated rings. The van der Waals surface area contributed by atoms with Gasteiger partial charge in [0.05, 0.1) is 0 Å². The number of hydrogen-bond acceptors (Lipinski definition) is 2. The molecule has 3 nitrogen and oxygen atoms in total. The lowest BCUT2D eigenvalue weighted by Crippen LogP contribution is -2.29. The van der Waals surface area contributed by atoms with E-state index in [1.807, 2.05) is 0 Å². The van der Waals surface area contributed by atoms with Crippen molar-refractivity contribution in [2.75, 3.05) is 19.6 Å². The summed E-state index contributed by atoms with van der Waals surface area (Å²) >= 11 is 0. The summed E-state index contributed by atoms with van der Waals surface area (Å²) in [4.78, 5) is 13.0. The van der Waals surface area contributed by atoms with Crippen molar-refractivity contribution in [3.8, 4) is 0 Å². The molecule has 0 spiro atoms. The van der Waals surface area contributed by atoms with Crippen LogP contribution in [0, 0.1) is 11.8 Å². The molecule has 0 amide bonds. The predicted molar refractivity (Wildman–Crippen MR) is 63.4 cm³/mol. The smallest absolute Gasteiger partial charge is 0.303 e. The van der Waals surface area contributed by atoms with Crippen LogP contribution in [0.2, 0.25) is 0 Å². The first-order chi connectivity index (χ1) is 7.74. The average molecular weight is 225 g/mol. The maximum absolute atomic E-state index is 10.4. The highest BCUT2D eigenvalue weighted by Gasteiger charge is 2.28. The molecule has 0 radical (unpaired) electrons. The summed E-state index contributed by atoms with van der Waals surface area (Å²) in [5.41, 5.74) is 0. The molecule has 0 aromatic rings. The van der Waals surface area contributed by atoms with Gasteiger partial charge in [-0.1, -0.05) is 0 Å².